The number of aryl methyl sites for hydroxylation is 1. The maximum absolute atomic E-state index is 11.7. The molecule has 0 saturated carbocycles. The van der Waals surface area contributed by atoms with Crippen LogP contribution in [0, 0.1) is 6.92 Å². The van der Waals surface area contributed by atoms with Gasteiger partial charge in [0.05, 0.1) is 11.9 Å². The van der Waals surface area contributed by atoms with Crippen molar-refractivity contribution in [2.75, 3.05) is 55.6 Å². The number of hydrogen-bond acceptors (Lipinski definition) is 8. The average molecular weight is 349 g/mol. The second kappa shape index (κ2) is 8.44. The molecule has 2 heterocycles. The molecule has 0 spiro atoms. The van der Waals surface area contributed by atoms with Gasteiger partial charge in [0, 0.05) is 32.6 Å². The second-order valence-electron chi connectivity index (χ2n) is 6.53. The number of nitrogens with zero attached hydrogens (tertiary/aromatic N) is 5. The number of carbonyl (C=O) groups excluding carboxylic acids is 1. The van der Waals surface area contributed by atoms with Crippen molar-refractivity contribution in [3.05, 3.63) is 5.69 Å². The van der Waals surface area contributed by atoms with Crippen molar-refractivity contribution >= 4 is 23.2 Å². The van der Waals surface area contributed by atoms with E-state index < -0.39 is 0 Å². The van der Waals surface area contributed by atoms with Crippen molar-refractivity contribution in [2.45, 2.75) is 40.3 Å². The predicted octanol–water partition coefficient (Wildman–Crippen LogP) is 0.718. The predicted molar refractivity (Wildman–Crippen MR) is 101 cm³/mol. The fraction of sp³-hybridized carbons (Fsp3) is 0.706. The Morgan fingerprint density at radius 2 is 1.76 bits per heavy atom. The van der Waals surface area contributed by atoms with E-state index >= 15 is 0 Å². The molecule has 0 aromatic carbocycles. The van der Waals surface area contributed by atoms with Gasteiger partial charge in [-0.15, -0.1) is 0 Å². The quantitative estimate of drug-likeness (QED) is 0.742. The lowest BCUT2D eigenvalue weighted by Gasteiger charge is -2.44. The summed E-state index contributed by atoms with van der Waals surface area (Å²) in [5.41, 5.74) is 13.4. The molecule has 140 valence electrons. The number of rotatable bonds is 7. The first kappa shape index (κ1) is 19.4. The minimum atomic E-state index is 0.163. The Morgan fingerprint density at radius 1 is 1.16 bits per heavy atom. The summed E-state index contributed by atoms with van der Waals surface area (Å²) in [6, 6.07) is 0. The van der Waals surface area contributed by atoms with Gasteiger partial charge >= 0.3 is 0 Å². The molecule has 4 N–H and O–H groups in total. The van der Waals surface area contributed by atoms with Crippen LogP contribution >= 0.6 is 0 Å². The van der Waals surface area contributed by atoms with E-state index in [0.717, 1.165) is 50.6 Å². The number of nitrogen functional groups attached to an aromatic ring is 2. The summed E-state index contributed by atoms with van der Waals surface area (Å²) in [4.78, 5) is 27.0. The van der Waals surface area contributed by atoms with Gasteiger partial charge in [-0.25, -0.2) is 4.98 Å². The maximum atomic E-state index is 11.7. The zero-order valence-corrected chi connectivity index (χ0v) is 15.8. The summed E-state index contributed by atoms with van der Waals surface area (Å²) in [7, 11) is 0. The second-order valence-corrected chi connectivity index (χ2v) is 6.53. The number of ketones is 1. The topological polar surface area (TPSA) is 105 Å². The van der Waals surface area contributed by atoms with Crippen molar-refractivity contribution in [2.24, 2.45) is 0 Å². The molecular weight excluding hydrogens is 318 g/mol. The van der Waals surface area contributed by atoms with Gasteiger partial charge in [0.1, 0.15) is 11.5 Å². The fourth-order valence-electron chi connectivity index (χ4n) is 3.64. The Labute approximate surface area is 150 Å². The summed E-state index contributed by atoms with van der Waals surface area (Å²) in [6.45, 7) is 13.1. The van der Waals surface area contributed by atoms with Gasteiger partial charge in [0.2, 0.25) is 5.95 Å². The first-order valence-electron chi connectivity index (χ1n) is 8.99. The number of aromatic nitrogens is 2. The van der Waals surface area contributed by atoms with Crippen LogP contribution in [0.4, 0.5) is 17.5 Å². The minimum absolute atomic E-state index is 0.163. The van der Waals surface area contributed by atoms with E-state index in [0.29, 0.717) is 12.2 Å². The number of anilines is 3. The molecule has 8 nitrogen and oxygen atoms in total. The number of piperazine rings is 1. The van der Waals surface area contributed by atoms with Gasteiger partial charge < -0.3 is 16.4 Å². The van der Waals surface area contributed by atoms with E-state index in [4.69, 9.17) is 11.5 Å². The van der Waals surface area contributed by atoms with Gasteiger partial charge in [-0.2, -0.15) is 4.98 Å². The standard InChI is InChI=1S/C17H31N7O/c1-5-22(6-2)14(11-12(3)25)23-7-9-24(10-8-23)15-13(4)20-17(19)21-16(15)18/h14H,5-11H2,1-4H3,(H4,18,19,20,21). The lowest BCUT2D eigenvalue weighted by Crippen LogP contribution is -2.56. The van der Waals surface area contributed by atoms with Crippen LogP contribution < -0.4 is 16.4 Å². The Morgan fingerprint density at radius 3 is 2.24 bits per heavy atom. The Hall–Kier alpha value is -1.93. The van der Waals surface area contributed by atoms with E-state index in [1.165, 1.54) is 0 Å². The molecule has 1 unspecified atom stereocenters. The van der Waals surface area contributed by atoms with Gasteiger partial charge in [0.15, 0.2) is 5.82 Å². The minimum Gasteiger partial charge on any atom is -0.382 e. The van der Waals surface area contributed by atoms with Crippen LogP contribution in [0.1, 0.15) is 32.9 Å². The zero-order valence-electron chi connectivity index (χ0n) is 15.8. The van der Waals surface area contributed by atoms with Gasteiger partial charge in [0.25, 0.3) is 0 Å². The van der Waals surface area contributed by atoms with E-state index in [-0.39, 0.29) is 17.9 Å². The molecule has 1 atom stereocenters. The lowest BCUT2D eigenvalue weighted by molar-refractivity contribution is -0.120. The van der Waals surface area contributed by atoms with E-state index in [9.17, 15) is 4.79 Å². The fourth-order valence-corrected chi connectivity index (χ4v) is 3.64. The van der Waals surface area contributed by atoms with E-state index in [1.807, 2.05) is 6.92 Å². The van der Waals surface area contributed by atoms with Crippen LogP contribution in [0.25, 0.3) is 0 Å². The summed E-state index contributed by atoms with van der Waals surface area (Å²) in [5.74, 6) is 0.870. The van der Waals surface area contributed by atoms with E-state index in [1.54, 1.807) is 6.92 Å². The third-order valence-corrected chi connectivity index (χ3v) is 4.86. The van der Waals surface area contributed by atoms with Crippen LogP contribution in [-0.4, -0.2) is 71.0 Å². The Balaban J connectivity index is 2.10. The number of Topliss-reactive ketones (excluding diaryl/α,β-unsaturated/α-hetero) is 1. The smallest absolute Gasteiger partial charge is 0.222 e. The van der Waals surface area contributed by atoms with Gasteiger partial charge in [-0.3, -0.25) is 14.6 Å². The molecule has 1 saturated heterocycles. The maximum Gasteiger partial charge on any atom is 0.222 e. The molecule has 2 rings (SSSR count). The third-order valence-electron chi connectivity index (χ3n) is 4.86. The third kappa shape index (κ3) is 4.58. The summed E-state index contributed by atoms with van der Waals surface area (Å²) in [5, 5.41) is 0. The van der Waals surface area contributed by atoms with Crippen LogP contribution in [-0.2, 0) is 4.79 Å². The number of hydrogen-bond donors (Lipinski definition) is 2. The summed E-state index contributed by atoms with van der Waals surface area (Å²) in [6.07, 6.45) is 0.726. The van der Waals surface area contributed by atoms with E-state index in [2.05, 4.69) is 38.5 Å². The molecule has 0 bridgehead atoms. The molecule has 1 aliphatic heterocycles. The molecular formula is C17H31N7O. The number of carbonyl (C=O) groups is 1. The molecule has 1 fully saturated rings. The molecule has 1 aromatic heterocycles. The SMILES string of the molecule is CCN(CC)C(CC(C)=O)N1CCN(c2c(C)nc(N)nc2N)CC1. The molecule has 0 aliphatic carbocycles. The highest BCUT2D eigenvalue weighted by Crippen LogP contribution is 2.27. The van der Waals surface area contributed by atoms with Crippen molar-refractivity contribution in [1.82, 2.24) is 19.8 Å². The average Bonchev–Trinajstić information content (AvgIpc) is 2.54. The Bertz CT molecular complexity index is 572. The molecule has 0 radical (unpaired) electrons. The highest BCUT2D eigenvalue weighted by Gasteiger charge is 2.29. The van der Waals surface area contributed by atoms with Gasteiger partial charge in [-0.1, -0.05) is 13.8 Å². The first-order chi connectivity index (χ1) is 11.9. The number of nitrogens with two attached hydrogens (primary N) is 2. The molecule has 25 heavy (non-hydrogen) atoms. The van der Waals surface area contributed by atoms with Crippen LogP contribution in [0.5, 0.6) is 0 Å². The Kier molecular flexibility index (Phi) is 6.55. The monoisotopic (exact) mass is 349 g/mol. The zero-order chi connectivity index (χ0) is 18.6. The lowest BCUT2D eigenvalue weighted by atomic mass is 10.1. The summed E-state index contributed by atoms with van der Waals surface area (Å²) >= 11 is 0. The van der Waals surface area contributed by atoms with Crippen LogP contribution in [0.15, 0.2) is 0 Å². The van der Waals surface area contributed by atoms with Gasteiger partial charge in [-0.05, 0) is 26.9 Å². The van der Waals surface area contributed by atoms with Crippen LogP contribution in [0.2, 0.25) is 0 Å². The van der Waals surface area contributed by atoms with Crippen molar-refractivity contribution in [3.63, 3.8) is 0 Å². The largest absolute Gasteiger partial charge is 0.382 e. The van der Waals surface area contributed by atoms with Crippen LogP contribution in [0.3, 0.4) is 0 Å². The molecule has 1 aliphatic rings. The molecule has 1 aromatic rings. The highest BCUT2D eigenvalue weighted by molar-refractivity contribution is 5.76. The highest BCUT2D eigenvalue weighted by atomic mass is 16.1. The molecule has 0 amide bonds. The summed E-state index contributed by atoms with van der Waals surface area (Å²) < 4.78 is 0. The van der Waals surface area contributed by atoms with Crippen molar-refractivity contribution in [1.29, 1.82) is 0 Å². The normalized spacial score (nSPS) is 17.1. The van der Waals surface area contributed by atoms with Crippen molar-refractivity contribution in [3.8, 4) is 0 Å². The first-order valence-corrected chi connectivity index (χ1v) is 8.99. The molecule has 8 heteroatoms. The van der Waals surface area contributed by atoms with Crippen molar-refractivity contribution < 1.29 is 4.79 Å².